The molecule has 2 heteroatoms. The Hall–Kier alpha value is -0.860. The van der Waals surface area contributed by atoms with Crippen LogP contribution in [0.4, 0.5) is 0 Å². The van der Waals surface area contributed by atoms with Gasteiger partial charge in [0.25, 0.3) is 0 Å². The highest BCUT2D eigenvalue weighted by molar-refractivity contribution is 5.15. The largest absolute Gasteiger partial charge is 0.393 e. The van der Waals surface area contributed by atoms with Gasteiger partial charge >= 0.3 is 0 Å². The lowest BCUT2D eigenvalue weighted by atomic mass is 9.60. The summed E-state index contributed by atoms with van der Waals surface area (Å²) in [5.74, 6) is 0.728. The third kappa shape index (κ3) is 2.91. The van der Waals surface area contributed by atoms with Gasteiger partial charge in [-0.3, -0.25) is 0 Å². The summed E-state index contributed by atoms with van der Waals surface area (Å²) >= 11 is 0. The predicted octanol–water partition coefficient (Wildman–Crippen LogP) is 3.10. The van der Waals surface area contributed by atoms with E-state index in [-0.39, 0.29) is 6.10 Å². The topological polar surface area (TPSA) is 23.5 Å². The zero-order valence-electron chi connectivity index (χ0n) is 12.6. The molecule has 1 aromatic carbocycles. The van der Waals surface area contributed by atoms with E-state index in [1.54, 1.807) is 0 Å². The first-order valence-corrected chi connectivity index (χ1v) is 8.08. The molecule has 1 aliphatic heterocycles. The van der Waals surface area contributed by atoms with Crippen molar-refractivity contribution in [1.29, 1.82) is 0 Å². The van der Waals surface area contributed by atoms with Crippen LogP contribution in [0.2, 0.25) is 0 Å². The first-order valence-electron chi connectivity index (χ1n) is 8.08. The van der Waals surface area contributed by atoms with Gasteiger partial charge in [0.05, 0.1) is 6.10 Å². The summed E-state index contributed by atoms with van der Waals surface area (Å²) in [7, 11) is 2.26. The molecule has 1 aliphatic carbocycles. The summed E-state index contributed by atoms with van der Waals surface area (Å²) < 4.78 is 0. The molecule has 2 aliphatic rings. The van der Waals surface area contributed by atoms with E-state index in [1.165, 1.54) is 44.3 Å². The molecule has 1 aromatic rings. The van der Waals surface area contributed by atoms with Crippen LogP contribution in [0.25, 0.3) is 0 Å². The lowest BCUT2D eigenvalue weighted by Crippen LogP contribution is -2.51. The summed E-state index contributed by atoms with van der Waals surface area (Å²) in [6.07, 6.45) is 6.91. The number of fused-ring (bicyclic) bond motifs is 1. The van der Waals surface area contributed by atoms with E-state index in [0.717, 1.165) is 18.8 Å². The van der Waals surface area contributed by atoms with Crippen LogP contribution in [0.15, 0.2) is 30.3 Å². The van der Waals surface area contributed by atoms with Gasteiger partial charge in [-0.2, -0.15) is 0 Å². The van der Waals surface area contributed by atoms with Gasteiger partial charge in [-0.15, -0.1) is 0 Å². The predicted molar refractivity (Wildman–Crippen MR) is 82.7 cm³/mol. The number of aliphatic hydroxyl groups is 1. The Labute approximate surface area is 122 Å². The second kappa shape index (κ2) is 5.87. The molecule has 1 N–H and O–H groups in total. The zero-order chi connectivity index (χ0) is 14.0. The number of likely N-dealkylation sites (tertiary alicyclic amines) is 1. The van der Waals surface area contributed by atoms with Gasteiger partial charge in [0.15, 0.2) is 0 Å². The van der Waals surface area contributed by atoms with E-state index >= 15 is 0 Å². The minimum Gasteiger partial charge on any atom is -0.393 e. The average molecular weight is 273 g/mol. The first-order chi connectivity index (χ1) is 9.68. The number of hydrogen-bond acceptors (Lipinski definition) is 2. The van der Waals surface area contributed by atoms with E-state index in [4.69, 9.17) is 0 Å². The summed E-state index contributed by atoms with van der Waals surface area (Å²) in [5, 5.41) is 10.0. The van der Waals surface area contributed by atoms with Gasteiger partial charge in [0, 0.05) is 6.54 Å². The summed E-state index contributed by atoms with van der Waals surface area (Å²) in [4.78, 5) is 2.50. The minimum absolute atomic E-state index is 0.0479. The fraction of sp³-hybridized carbons (Fsp3) is 0.667. The van der Waals surface area contributed by atoms with Gasteiger partial charge in [0.2, 0.25) is 0 Å². The van der Waals surface area contributed by atoms with E-state index in [1.807, 2.05) is 0 Å². The summed E-state index contributed by atoms with van der Waals surface area (Å²) in [6, 6.07) is 10.9. The van der Waals surface area contributed by atoms with Gasteiger partial charge in [-0.05, 0) is 69.0 Å². The fourth-order valence-electron chi connectivity index (χ4n) is 4.43. The molecule has 2 fully saturated rings. The number of rotatable bonds is 3. The second-order valence-corrected chi connectivity index (χ2v) is 7.00. The quantitative estimate of drug-likeness (QED) is 0.915. The van der Waals surface area contributed by atoms with Crippen molar-refractivity contribution in [1.82, 2.24) is 4.90 Å². The molecule has 0 radical (unpaired) electrons. The minimum atomic E-state index is -0.0479. The van der Waals surface area contributed by atoms with Crippen molar-refractivity contribution in [2.24, 2.45) is 11.3 Å². The van der Waals surface area contributed by atoms with Crippen LogP contribution in [0.3, 0.4) is 0 Å². The maximum absolute atomic E-state index is 10.0. The van der Waals surface area contributed by atoms with Crippen molar-refractivity contribution in [3.63, 3.8) is 0 Å². The Morgan fingerprint density at radius 2 is 2.05 bits per heavy atom. The molecule has 3 rings (SSSR count). The number of aryl methyl sites for hydroxylation is 1. The molecule has 1 saturated heterocycles. The number of piperidine rings is 1. The highest BCUT2D eigenvalue weighted by atomic mass is 16.3. The SMILES string of the molecule is CN1CCC2C[C@@H](O)CC[C@]2(CCc2ccccc2)C1. The van der Waals surface area contributed by atoms with E-state index in [0.29, 0.717) is 5.41 Å². The number of aliphatic hydroxyl groups excluding tert-OH is 1. The van der Waals surface area contributed by atoms with Gasteiger partial charge in [0.1, 0.15) is 0 Å². The number of nitrogens with zero attached hydrogens (tertiary/aromatic N) is 1. The third-order valence-corrected chi connectivity index (χ3v) is 5.60. The van der Waals surface area contributed by atoms with Crippen molar-refractivity contribution >= 4 is 0 Å². The molecule has 3 atom stereocenters. The summed E-state index contributed by atoms with van der Waals surface area (Å²) in [6.45, 7) is 2.42. The Kier molecular flexibility index (Phi) is 4.13. The molecular weight excluding hydrogens is 246 g/mol. The van der Waals surface area contributed by atoms with Crippen LogP contribution >= 0.6 is 0 Å². The second-order valence-electron chi connectivity index (χ2n) is 7.00. The van der Waals surface area contributed by atoms with Crippen LogP contribution in [0.1, 0.15) is 37.7 Å². The monoisotopic (exact) mass is 273 g/mol. The molecule has 1 unspecified atom stereocenters. The average Bonchev–Trinajstić information content (AvgIpc) is 2.47. The molecule has 1 saturated carbocycles. The maximum Gasteiger partial charge on any atom is 0.0543 e. The fourth-order valence-corrected chi connectivity index (χ4v) is 4.43. The van der Waals surface area contributed by atoms with Gasteiger partial charge in [-0.1, -0.05) is 30.3 Å². The molecule has 0 aromatic heterocycles. The van der Waals surface area contributed by atoms with Crippen molar-refractivity contribution in [3.8, 4) is 0 Å². The van der Waals surface area contributed by atoms with Crippen LogP contribution in [0, 0.1) is 11.3 Å². The Bertz CT molecular complexity index is 432. The molecule has 0 bridgehead atoms. The maximum atomic E-state index is 10.0. The zero-order valence-corrected chi connectivity index (χ0v) is 12.6. The molecule has 20 heavy (non-hydrogen) atoms. The van der Waals surface area contributed by atoms with Crippen LogP contribution in [0.5, 0.6) is 0 Å². The first kappa shape index (κ1) is 14.1. The van der Waals surface area contributed by atoms with Crippen molar-refractivity contribution < 1.29 is 5.11 Å². The Balaban J connectivity index is 1.72. The van der Waals surface area contributed by atoms with Gasteiger partial charge in [-0.25, -0.2) is 0 Å². The van der Waals surface area contributed by atoms with Gasteiger partial charge < -0.3 is 10.0 Å². The number of hydrogen-bond donors (Lipinski definition) is 1. The highest BCUT2D eigenvalue weighted by Gasteiger charge is 2.45. The van der Waals surface area contributed by atoms with Crippen LogP contribution in [-0.2, 0) is 6.42 Å². The van der Waals surface area contributed by atoms with Crippen LogP contribution in [-0.4, -0.2) is 36.2 Å². The Morgan fingerprint density at radius 1 is 1.25 bits per heavy atom. The molecular formula is C18H27NO. The smallest absolute Gasteiger partial charge is 0.0543 e. The third-order valence-electron chi connectivity index (χ3n) is 5.60. The number of benzene rings is 1. The standard InChI is InChI=1S/C18H27NO/c1-19-12-9-16-13-17(20)8-11-18(16,14-19)10-7-15-5-3-2-4-6-15/h2-6,16-17,20H,7-14H2,1H3/t16?,17-,18+/m0/s1. The molecule has 2 nitrogen and oxygen atoms in total. The van der Waals surface area contributed by atoms with E-state index < -0.39 is 0 Å². The van der Waals surface area contributed by atoms with Crippen molar-refractivity contribution in [2.75, 3.05) is 20.1 Å². The van der Waals surface area contributed by atoms with E-state index in [2.05, 4.69) is 42.3 Å². The van der Waals surface area contributed by atoms with Crippen LogP contribution < -0.4 is 0 Å². The highest BCUT2D eigenvalue weighted by Crippen LogP contribution is 2.49. The van der Waals surface area contributed by atoms with Crippen molar-refractivity contribution in [3.05, 3.63) is 35.9 Å². The van der Waals surface area contributed by atoms with Crippen molar-refractivity contribution in [2.45, 2.75) is 44.6 Å². The molecule has 0 spiro atoms. The van der Waals surface area contributed by atoms with E-state index in [9.17, 15) is 5.11 Å². The Morgan fingerprint density at radius 3 is 2.85 bits per heavy atom. The lowest BCUT2D eigenvalue weighted by Gasteiger charge is -2.51. The normalized spacial score (nSPS) is 34.7. The summed E-state index contributed by atoms with van der Waals surface area (Å²) in [5.41, 5.74) is 1.90. The molecule has 110 valence electrons. The lowest BCUT2D eigenvalue weighted by molar-refractivity contribution is -0.0468. The molecule has 1 heterocycles. The molecule has 0 amide bonds.